The molecule has 1 atom stereocenters. The zero-order valence-electron chi connectivity index (χ0n) is 12.4. The molecule has 1 N–H and O–H groups in total. The molecule has 0 amide bonds. The molecule has 0 aliphatic heterocycles. The second-order valence-corrected chi connectivity index (χ2v) is 7.73. The van der Waals surface area contributed by atoms with Crippen LogP contribution in [0.2, 0.25) is 5.02 Å². The summed E-state index contributed by atoms with van der Waals surface area (Å²) in [6.45, 7) is 1.91. The van der Waals surface area contributed by atoms with Gasteiger partial charge in [-0.2, -0.15) is 0 Å². The number of rotatable bonds is 6. The van der Waals surface area contributed by atoms with Crippen LogP contribution in [0.5, 0.6) is 0 Å². The molecule has 2 aromatic carbocycles. The molecule has 0 aromatic heterocycles. The average molecular weight is 339 g/mol. The van der Waals surface area contributed by atoms with Gasteiger partial charge >= 0.3 is 0 Å². The van der Waals surface area contributed by atoms with Crippen LogP contribution in [-0.2, 0) is 16.3 Å². The molecule has 0 aliphatic rings. The predicted octanol–water partition coefficient (Wildman–Crippen LogP) is 3.80. The lowest BCUT2D eigenvalue weighted by molar-refractivity contribution is 0.173. The van der Waals surface area contributed by atoms with E-state index in [4.69, 9.17) is 11.6 Å². The van der Waals surface area contributed by atoms with Crippen molar-refractivity contribution in [3.8, 4) is 0 Å². The lowest BCUT2D eigenvalue weighted by Crippen LogP contribution is -2.09. The van der Waals surface area contributed by atoms with Crippen molar-refractivity contribution in [1.29, 1.82) is 0 Å². The quantitative estimate of drug-likeness (QED) is 0.871. The maximum absolute atomic E-state index is 12.3. The Labute approximate surface area is 136 Å². The largest absolute Gasteiger partial charge is 0.388 e. The topological polar surface area (TPSA) is 54.4 Å². The van der Waals surface area contributed by atoms with E-state index in [1.54, 1.807) is 12.1 Å². The molecule has 2 aromatic rings. The number of hydrogen-bond acceptors (Lipinski definition) is 3. The van der Waals surface area contributed by atoms with E-state index in [1.165, 1.54) is 12.1 Å². The van der Waals surface area contributed by atoms with Crippen LogP contribution in [0.3, 0.4) is 0 Å². The molecule has 3 nitrogen and oxygen atoms in total. The minimum absolute atomic E-state index is 0.0459. The number of aliphatic hydroxyl groups excluding tert-OH is 1. The fraction of sp³-hybridized carbons (Fsp3) is 0.294. The van der Waals surface area contributed by atoms with Crippen LogP contribution in [-0.4, -0.2) is 19.3 Å². The summed E-state index contributed by atoms with van der Waals surface area (Å²) in [5.41, 5.74) is 1.79. The smallest absolute Gasteiger partial charge is 0.178 e. The van der Waals surface area contributed by atoms with Crippen LogP contribution in [0, 0.1) is 0 Å². The molecule has 1 unspecified atom stereocenters. The van der Waals surface area contributed by atoms with Crippen LogP contribution in [0.15, 0.2) is 53.4 Å². The molecule has 22 heavy (non-hydrogen) atoms. The molecule has 0 saturated carbocycles. The Morgan fingerprint density at radius 1 is 1.05 bits per heavy atom. The van der Waals surface area contributed by atoms with Crippen molar-refractivity contribution in [2.75, 3.05) is 5.75 Å². The first-order valence-corrected chi connectivity index (χ1v) is 9.20. The van der Waals surface area contributed by atoms with Crippen molar-refractivity contribution in [2.45, 2.75) is 30.8 Å². The molecule has 118 valence electrons. The van der Waals surface area contributed by atoms with Crippen LogP contribution < -0.4 is 0 Å². The fourth-order valence-electron chi connectivity index (χ4n) is 2.15. The van der Waals surface area contributed by atoms with Gasteiger partial charge in [-0.3, -0.25) is 0 Å². The lowest BCUT2D eigenvalue weighted by atomic mass is 10.0. The Kier molecular flexibility index (Phi) is 5.62. The van der Waals surface area contributed by atoms with E-state index in [-0.39, 0.29) is 10.6 Å². The van der Waals surface area contributed by atoms with E-state index >= 15 is 0 Å². The lowest BCUT2D eigenvalue weighted by Gasteiger charge is -2.09. The summed E-state index contributed by atoms with van der Waals surface area (Å²) in [6, 6.07) is 13.6. The van der Waals surface area contributed by atoms with E-state index in [0.717, 1.165) is 11.1 Å². The van der Waals surface area contributed by atoms with Crippen molar-refractivity contribution in [3.05, 3.63) is 64.7 Å². The third-order valence-electron chi connectivity index (χ3n) is 3.58. The highest BCUT2D eigenvalue weighted by Crippen LogP contribution is 2.19. The van der Waals surface area contributed by atoms with Gasteiger partial charge in [0.25, 0.3) is 0 Å². The van der Waals surface area contributed by atoms with Gasteiger partial charge in [0.05, 0.1) is 16.8 Å². The first-order chi connectivity index (χ1) is 10.4. The summed E-state index contributed by atoms with van der Waals surface area (Å²) >= 11 is 5.77. The molecule has 0 saturated heterocycles. The maximum atomic E-state index is 12.3. The monoisotopic (exact) mass is 338 g/mol. The number of aryl methyl sites for hydroxylation is 1. The summed E-state index contributed by atoms with van der Waals surface area (Å²) in [4.78, 5) is 0.287. The fourth-order valence-corrected chi connectivity index (χ4v) is 3.57. The molecule has 2 rings (SSSR count). The van der Waals surface area contributed by atoms with Gasteiger partial charge in [0, 0.05) is 5.02 Å². The first kappa shape index (κ1) is 17.0. The van der Waals surface area contributed by atoms with Gasteiger partial charge in [-0.25, -0.2) is 8.42 Å². The molecular formula is C17H19ClO3S. The van der Waals surface area contributed by atoms with E-state index in [2.05, 4.69) is 0 Å². The first-order valence-electron chi connectivity index (χ1n) is 7.17. The molecule has 0 heterocycles. The van der Waals surface area contributed by atoms with E-state index in [9.17, 15) is 13.5 Å². The Morgan fingerprint density at radius 2 is 1.64 bits per heavy atom. The Balaban J connectivity index is 2.04. The number of hydrogen-bond donors (Lipinski definition) is 1. The van der Waals surface area contributed by atoms with Gasteiger partial charge in [0.2, 0.25) is 0 Å². The van der Waals surface area contributed by atoms with Crippen LogP contribution in [0.25, 0.3) is 0 Å². The number of aliphatic hydroxyl groups is 1. The van der Waals surface area contributed by atoms with Crippen molar-refractivity contribution in [3.63, 3.8) is 0 Å². The number of halogens is 1. The number of sulfone groups is 1. The minimum Gasteiger partial charge on any atom is -0.388 e. The van der Waals surface area contributed by atoms with Crippen molar-refractivity contribution < 1.29 is 13.5 Å². The van der Waals surface area contributed by atoms with Gasteiger partial charge in [-0.1, -0.05) is 42.8 Å². The highest BCUT2D eigenvalue weighted by molar-refractivity contribution is 7.91. The van der Waals surface area contributed by atoms with Gasteiger partial charge in [0.1, 0.15) is 0 Å². The maximum Gasteiger partial charge on any atom is 0.178 e. The predicted molar refractivity (Wildman–Crippen MR) is 88.9 cm³/mol. The Bertz CT molecular complexity index is 707. The van der Waals surface area contributed by atoms with Crippen LogP contribution in [0.4, 0.5) is 0 Å². The molecular weight excluding hydrogens is 320 g/mol. The van der Waals surface area contributed by atoms with Crippen LogP contribution >= 0.6 is 11.6 Å². The summed E-state index contributed by atoms with van der Waals surface area (Å²) in [6.07, 6.45) is 0.629. The van der Waals surface area contributed by atoms with E-state index in [0.29, 0.717) is 17.9 Å². The summed E-state index contributed by atoms with van der Waals surface area (Å²) in [7, 11) is -3.31. The summed E-state index contributed by atoms with van der Waals surface area (Å²) < 4.78 is 24.5. The molecule has 0 spiro atoms. The molecule has 0 radical (unpaired) electrons. The highest BCUT2D eigenvalue weighted by Gasteiger charge is 2.14. The third kappa shape index (κ3) is 4.32. The summed E-state index contributed by atoms with van der Waals surface area (Å²) in [5, 5.41) is 10.3. The van der Waals surface area contributed by atoms with E-state index in [1.807, 2.05) is 31.2 Å². The van der Waals surface area contributed by atoms with Gasteiger partial charge in [0.15, 0.2) is 9.84 Å². The number of benzene rings is 2. The van der Waals surface area contributed by atoms with Crippen molar-refractivity contribution in [2.24, 2.45) is 0 Å². The Morgan fingerprint density at radius 3 is 2.18 bits per heavy atom. The van der Waals surface area contributed by atoms with Crippen LogP contribution in [0.1, 0.15) is 30.6 Å². The van der Waals surface area contributed by atoms with Crippen molar-refractivity contribution >= 4 is 21.4 Å². The average Bonchev–Trinajstić information content (AvgIpc) is 2.53. The Hall–Kier alpha value is -1.36. The second kappa shape index (κ2) is 7.27. The zero-order chi connectivity index (χ0) is 16.2. The molecule has 0 fully saturated rings. The van der Waals surface area contributed by atoms with Gasteiger partial charge < -0.3 is 5.11 Å². The second-order valence-electron chi connectivity index (χ2n) is 5.19. The van der Waals surface area contributed by atoms with Gasteiger partial charge in [-0.15, -0.1) is 0 Å². The third-order valence-corrected chi connectivity index (χ3v) is 5.57. The molecule has 0 aliphatic carbocycles. The van der Waals surface area contributed by atoms with Crippen molar-refractivity contribution in [1.82, 2.24) is 0 Å². The minimum atomic E-state index is -3.31. The molecule has 5 heteroatoms. The van der Waals surface area contributed by atoms with E-state index < -0.39 is 15.9 Å². The normalized spacial score (nSPS) is 13.0. The summed E-state index contributed by atoms with van der Waals surface area (Å²) in [5.74, 6) is 0.0459. The van der Waals surface area contributed by atoms with Gasteiger partial charge in [-0.05, 0) is 48.2 Å². The SMILES string of the molecule is CCC(O)c1ccc(CCS(=O)(=O)c2ccc(Cl)cc2)cc1. The molecule has 0 bridgehead atoms. The highest BCUT2D eigenvalue weighted by atomic mass is 35.5. The standard InChI is InChI=1S/C17H19ClO3S/c1-2-17(19)14-5-3-13(4-6-14)11-12-22(20,21)16-9-7-15(18)8-10-16/h3-10,17,19H,2,11-12H2,1H3. The zero-order valence-corrected chi connectivity index (χ0v) is 13.9.